The van der Waals surface area contributed by atoms with E-state index in [1.165, 1.54) is 24.5 Å². The molecule has 5 nitrogen and oxygen atoms in total. The highest BCUT2D eigenvalue weighted by Gasteiger charge is 2.32. The summed E-state index contributed by atoms with van der Waals surface area (Å²) in [5.74, 6) is 0.636. The largest absolute Gasteiger partial charge is 0.334 e. The Bertz CT molecular complexity index is 581. The maximum absolute atomic E-state index is 12.5. The normalized spacial score (nSPS) is 26.2. The molecule has 130 valence electrons. The summed E-state index contributed by atoms with van der Waals surface area (Å²) in [7, 11) is -3.14. The van der Waals surface area contributed by atoms with Crippen LogP contribution in [0.2, 0.25) is 0 Å². The number of sulfone groups is 1. The van der Waals surface area contributed by atoms with Crippen LogP contribution in [0.15, 0.2) is 23.1 Å². The smallest absolute Gasteiger partial charge is 0.318 e. The number of carbonyl (C=O) groups excluding carboxylic acids is 1. The number of hydrogen-bond acceptors (Lipinski definition) is 3. The maximum atomic E-state index is 12.5. The molecule has 0 radical (unpaired) electrons. The molecule has 1 fully saturated rings. The van der Waals surface area contributed by atoms with Crippen LogP contribution in [0.1, 0.15) is 45.4 Å². The van der Waals surface area contributed by atoms with Gasteiger partial charge in [0.1, 0.15) is 0 Å². The highest BCUT2D eigenvalue weighted by atomic mass is 32.2. The molecule has 0 aromatic carbocycles. The Balaban J connectivity index is 1.98. The van der Waals surface area contributed by atoms with Crippen LogP contribution in [0.3, 0.4) is 0 Å². The fourth-order valence-corrected chi connectivity index (χ4v) is 3.82. The van der Waals surface area contributed by atoms with E-state index in [1.54, 1.807) is 0 Å². The number of urea groups is 1. The molecule has 2 rings (SSSR count). The van der Waals surface area contributed by atoms with E-state index in [2.05, 4.69) is 18.3 Å². The Labute approximate surface area is 139 Å². The van der Waals surface area contributed by atoms with Gasteiger partial charge in [-0.05, 0) is 44.4 Å². The van der Waals surface area contributed by atoms with Gasteiger partial charge in [-0.3, -0.25) is 0 Å². The molecule has 1 heterocycles. The number of nitrogens with zero attached hydrogens (tertiary/aromatic N) is 1. The molecule has 1 aliphatic carbocycles. The van der Waals surface area contributed by atoms with Crippen molar-refractivity contribution in [2.45, 2.75) is 51.5 Å². The van der Waals surface area contributed by atoms with Crippen LogP contribution in [-0.4, -0.2) is 44.7 Å². The number of carbonyl (C=O) groups is 1. The Morgan fingerprint density at radius 2 is 2.22 bits per heavy atom. The van der Waals surface area contributed by atoms with Gasteiger partial charge in [-0.1, -0.05) is 24.6 Å². The lowest BCUT2D eigenvalue weighted by Gasteiger charge is -2.40. The fraction of sp³-hybridized carbons (Fsp3) is 0.706. The topological polar surface area (TPSA) is 66.5 Å². The first-order valence-corrected chi connectivity index (χ1v) is 10.4. The van der Waals surface area contributed by atoms with Crippen LogP contribution in [0, 0.1) is 5.92 Å². The molecule has 1 saturated heterocycles. The number of amides is 2. The highest BCUT2D eigenvalue weighted by Crippen LogP contribution is 2.32. The minimum absolute atomic E-state index is 0.0912. The Morgan fingerprint density at radius 1 is 1.43 bits per heavy atom. The predicted molar refractivity (Wildman–Crippen MR) is 92.8 cm³/mol. The first kappa shape index (κ1) is 18.0. The summed E-state index contributed by atoms with van der Waals surface area (Å²) >= 11 is 0. The molecule has 0 bridgehead atoms. The Morgan fingerprint density at radius 3 is 2.87 bits per heavy atom. The molecular formula is C17H28N2O3S. The third-order valence-corrected chi connectivity index (χ3v) is 5.28. The van der Waals surface area contributed by atoms with Gasteiger partial charge in [0.15, 0.2) is 9.84 Å². The number of piperidine rings is 1. The second kappa shape index (κ2) is 7.99. The van der Waals surface area contributed by atoms with E-state index >= 15 is 0 Å². The summed E-state index contributed by atoms with van der Waals surface area (Å²) in [4.78, 5) is 14.4. The number of hydrogen-bond donors (Lipinski definition) is 1. The lowest BCUT2D eigenvalue weighted by molar-refractivity contribution is 0.144. The highest BCUT2D eigenvalue weighted by molar-refractivity contribution is 7.93. The minimum atomic E-state index is -3.14. The van der Waals surface area contributed by atoms with Crippen molar-refractivity contribution < 1.29 is 13.2 Å². The number of rotatable bonds is 4. The van der Waals surface area contributed by atoms with Crippen molar-refractivity contribution in [3.63, 3.8) is 0 Å². The lowest BCUT2D eigenvalue weighted by Crippen LogP contribution is -2.51. The molecule has 2 atom stereocenters. The molecule has 1 aliphatic heterocycles. The average Bonchev–Trinajstić information content (AvgIpc) is 2.51. The van der Waals surface area contributed by atoms with Crippen LogP contribution in [0.4, 0.5) is 4.79 Å². The fourth-order valence-electron chi connectivity index (χ4n) is 3.37. The quantitative estimate of drug-likeness (QED) is 0.800. The van der Waals surface area contributed by atoms with E-state index in [4.69, 9.17) is 0 Å². The van der Waals surface area contributed by atoms with Crippen molar-refractivity contribution in [1.82, 2.24) is 10.2 Å². The van der Waals surface area contributed by atoms with Gasteiger partial charge in [0.2, 0.25) is 0 Å². The molecule has 23 heavy (non-hydrogen) atoms. The molecular weight excluding hydrogens is 312 g/mol. The average molecular weight is 340 g/mol. The van der Waals surface area contributed by atoms with Gasteiger partial charge in [-0.2, -0.15) is 0 Å². The zero-order chi connectivity index (χ0) is 16.9. The second-order valence-electron chi connectivity index (χ2n) is 6.75. The van der Waals surface area contributed by atoms with Crippen molar-refractivity contribution in [3.8, 4) is 0 Å². The lowest BCUT2D eigenvalue weighted by atomic mass is 9.84. The van der Waals surface area contributed by atoms with Crippen LogP contribution in [0.5, 0.6) is 0 Å². The van der Waals surface area contributed by atoms with Gasteiger partial charge in [0.05, 0.1) is 6.04 Å². The summed E-state index contributed by atoms with van der Waals surface area (Å²) < 4.78 is 22.1. The van der Waals surface area contributed by atoms with Crippen molar-refractivity contribution in [2.75, 3.05) is 19.3 Å². The summed E-state index contributed by atoms with van der Waals surface area (Å²) in [5, 5.41) is 3.95. The molecule has 0 aromatic rings. The van der Waals surface area contributed by atoms with E-state index in [-0.39, 0.29) is 18.6 Å². The molecule has 1 N–H and O–H groups in total. The molecule has 0 unspecified atom stereocenters. The van der Waals surface area contributed by atoms with Crippen molar-refractivity contribution >= 4 is 15.9 Å². The van der Waals surface area contributed by atoms with Gasteiger partial charge < -0.3 is 10.2 Å². The Hall–Kier alpha value is -1.30. The van der Waals surface area contributed by atoms with Crippen LogP contribution < -0.4 is 5.32 Å². The standard InChI is InChI=1S/C17H28N2O3S/c1-14-9-11-19(16(13-14)15-7-4-3-5-8-15)17(20)18-10-6-12-23(2,21)22/h6-7,12,14,16H,3-5,8-11,13H2,1-2H3,(H,18,20)/b12-6+/t14-,16+/m0/s1. The number of nitrogens with one attached hydrogen (secondary N) is 1. The monoisotopic (exact) mass is 340 g/mol. The molecule has 2 aliphatic rings. The van der Waals surface area contributed by atoms with Crippen LogP contribution >= 0.6 is 0 Å². The van der Waals surface area contributed by atoms with Crippen LogP contribution in [0.25, 0.3) is 0 Å². The number of allylic oxidation sites excluding steroid dienone is 1. The molecule has 6 heteroatoms. The first-order valence-electron chi connectivity index (χ1n) is 8.47. The van der Waals surface area contributed by atoms with Gasteiger partial charge in [0, 0.05) is 24.8 Å². The van der Waals surface area contributed by atoms with Crippen molar-refractivity contribution in [2.24, 2.45) is 5.92 Å². The second-order valence-corrected chi connectivity index (χ2v) is 8.68. The van der Waals surface area contributed by atoms with E-state index in [0.29, 0.717) is 5.92 Å². The summed E-state index contributed by atoms with van der Waals surface area (Å²) in [6, 6.07) is 0.115. The zero-order valence-electron chi connectivity index (χ0n) is 14.1. The van der Waals surface area contributed by atoms with Crippen molar-refractivity contribution in [3.05, 3.63) is 23.1 Å². The van der Waals surface area contributed by atoms with E-state index in [0.717, 1.165) is 43.9 Å². The first-order chi connectivity index (χ1) is 10.9. The molecule has 0 saturated carbocycles. The Kier molecular flexibility index (Phi) is 6.27. The van der Waals surface area contributed by atoms with Gasteiger partial charge >= 0.3 is 6.03 Å². The summed E-state index contributed by atoms with van der Waals surface area (Å²) in [6.45, 7) is 3.26. The predicted octanol–water partition coefficient (Wildman–Crippen LogP) is 2.86. The maximum Gasteiger partial charge on any atom is 0.318 e. The van der Waals surface area contributed by atoms with Crippen molar-refractivity contribution in [1.29, 1.82) is 0 Å². The van der Waals surface area contributed by atoms with Gasteiger partial charge in [-0.25, -0.2) is 13.2 Å². The van der Waals surface area contributed by atoms with E-state index in [1.807, 2.05) is 4.90 Å². The van der Waals surface area contributed by atoms with E-state index in [9.17, 15) is 13.2 Å². The molecule has 2 amide bonds. The minimum Gasteiger partial charge on any atom is -0.334 e. The van der Waals surface area contributed by atoms with Gasteiger partial charge in [0.25, 0.3) is 0 Å². The van der Waals surface area contributed by atoms with Crippen LogP contribution in [-0.2, 0) is 9.84 Å². The third kappa shape index (κ3) is 5.68. The number of likely N-dealkylation sites (tertiary alicyclic amines) is 1. The van der Waals surface area contributed by atoms with E-state index < -0.39 is 9.84 Å². The summed E-state index contributed by atoms with van der Waals surface area (Å²) in [6.07, 6.45) is 11.7. The SMILES string of the molecule is C[C@H]1CCN(C(=O)NC/C=C/S(C)(=O)=O)[C@@H](C2=CCCCC2)C1. The molecule has 0 aromatic heterocycles. The summed E-state index contributed by atoms with van der Waals surface area (Å²) in [5.41, 5.74) is 1.41. The third-order valence-electron chi connectivity index (χ3n) is 4.59. The molecule has 0 spiro atoms. The zero-order valence-corrected chi connectivity index (χ0v) is 14.9. The van der Waals surface area contributed by atoms with Gasteiger partial charge in [-0.15, -0.1) is 0 Å².